The number of rotatable bonds is 4. The van der Waals surface area contributed by atoms with E-state index in [0.717, 1.165) is 11.3 Å². The molecule has 0 aromatic heterocycles. The maximum absolute atomic E-state index is 13.8. The molecular formula is C20H19F2N5O. The fourth-order valence-corrected chi connectivity index (χ4v) is 3.84. The van der Waals surface area contributed by atoms with Crippen LogP contribution >= 0.6 is 0 Å². The molecule has 1 atom stereocenters. The molecule has 4 rings (SSSR count). The number of alkyl halides is 1. The first-order valence-electron chi connectivity index (χ1n) is 9.00. The van der Waals surface area contributed by atoms with Crippen molar-refractivity contribution in [2.75, 3.05) is 32.1 Å². The highest BCUT2D eigenvalue weighted by atomic mass is 19.1. The van der Waals surface area contributed by atoms with Gasteiger partial charge in [-0.25, -0.2) is 8.78 Å². The number of amides is 1. The number of halogens is 2. The molecule has 0 saturated carbocycles. The molecule has 1 unspecified atom stereocenters. The van der Waals surface area contributed by atoms with Crippen LogP contribution in [0.3, 0.4) is 0 Å². The van der Waals surface area contributed by atoms with Crippen molar-refractivity contribution >= 4 is 11.6 Å². The van der Waals surface area contributed by atoms with E-state index in [1.165, 1.54) is 12.1 Å². The molecule has 0 saturated heterocycles. The van der Waals surface area contributed by atoms with Gasteiger partial charge in [-0.05, 0) is 24.3 Å². The maximum atomic E-state index is 13.8. The number of allylic oxidation sites excluding steroid dienone is 2. The van der Waals surface area contributed by atoms with Crippen LogP contribution in [0, 0.1) is 17.1 Å². The fourth-order valence-electron chi connectivity index (χ4n) is 3.84. The van der Waals surface area contributed by atoms with Crippen molar-refractivity contribution in [1.82, 2.24) is 15.1 Å². The van der Waals surface area contributed by atoms with Crippen LogP contribution in [0.25, 0.3) is 0 Å². The van der Waals surface area contributed by atoms with Crippen LogP contribution in [0.1, 0.15) is 12.0 Å². The van der Waals surface area contributed by atoms with Crippen LogP contribution in [-0.4, -0.2) is 48.7 Å². The van der Waals surface area contributed by atoms with Crippen LogP contribution in [0.4, 0.5) is 14.5 Å². The first-order valence-corrected chi connectivity index (χ1v) is 9.00. The molecule has 0 bridgehead atoms. The van der Waals surface area contributed by atoms with Crippen molar-refractivity contribution in [3.05, 3.63) is 64.4 Å². The van der Waals surface area contributed by atoms with Gasteiger partial charge in [-0.1, -0.05) is 6.08 Å². The summed E-state index contributed by atoms with van der Waals surface area (Å²) >= 11 is 0. The van der Waals surface area contributed by atoms with Crippen molar-refractivity contribution in [2.45, 2.75) is 12.6 Å². The van der Waals surface area contributed by atoms with Gasteiger partial charge in [0.15, 0.2) is 0 Å². The molecule has 0 fully saturated rings. The minimum Gasteiger partial charge on any atom is -0.353 e. The minimum absolute atomic E-state index is 0.0120. The molecule has 8 heteroatoms. The summed E-state index contributed by atoms with van der Waals surface area (Å²) in [7, 11) is 1.91. The molecule has 28 heavy (non-hydrogen) atoms. The Balaban J connectivity index is 1.58. The lowest BCUT2D eigenvalue weighted by Crippen LogP contribution is -2.43. The number of nitrogens with one attached hydrogen (secondary N) is 2. The van der Waals surface area contributed by atoms with Crippen LogP contribution in [0.15, 0.2) is 53.0 Å². The van der Waals surface area contributed by atoms with E-state index in [2.05, 4.69) is 10.6 Å². The Morgan fingerprint density at radius 3 is 2.93 bits per heavy atom. The van der Waals surface area contributed by atoms with Gasteiger partial charge in [0.2, 0.25) is 0 Å². The standard InChI is InChI=1S/C20H19F2N5O/c1-26-16-6-8-27(9-7-21)20(28)18(16)14-4-5-17(25-19(14)26)24-13-3-2-12(11-23)15(22)10-13/h2-5,10,19,24-25H,6-9H2,1H3. The van der Waals surface area contributed by atoms with Gasteiger partial charge >= 0.3 is 0 Å². The van der Waals surface area contributed by atoms with Gasteiger partial charge in [-0.3, -0.25) is 4.79 Å². The van der Waals surface area contributed by atoms with Gasteiger partial charge in [-0.2, -0.15) is 5.26 Å². The Hall–Kier alpha value is -3.34. The highest BCUT2D eigenvalue weighted by molar-refractivity contribution is 6.01. The Labute approximate surface area is 161 Å². The largest absolute Gasteiger partial charge is 0.353 e. The zero-order valence-corrected chi connectivity index (χ0v) is 15.3. The van der Waals surface area contributed by atoms with E-state index in [0.29, 0.717) is 30.0 Å². The molecule has 1 aromatic carbocycles. The van der Waals surface area contributed by atoms with Gasteiger partial charge in [-0.15, -0.1) is 0 Å². The second-order valence-electron chi connectivity index (χ2n) is 6.84. The van der Waals surface area contributed by atoms with E-state index in [-0.39, 0.29) is 24.2 Å². The van der Waals surface area contributed by atoms with Gasteiger partial charge < -0.3 is 20.4 Å². The number of dihydropyridines is 1. The van der Waals surface area contributed by atoms with Crippen molar-refractivity contribution in [3.8, 4) is 6.07 Å². The Bertz CT molecular complexity index is 975. The zero-order chi connectivity index (χ0) is 19.8. The van der Waals surface area contributed by atoms with E-state index in [1.54, 1.807) is 23.1 Å². The van der Waals surface area contributed by atoms with E-state index >= 15 is 0 Å². The van der Waals surface area contributed by atoms with Crippen LogP contribution in [-0.2, 0) is 4.79 Å². The second kappa shape index (κ2) is 7.00. The highest BCUT2D eigenvalue weighted by Gasteiger charge is 2.42. The summed E-state index contributed by atoms with van der Waals surface area (Å²) in [6, 6.07) is 6.10. The number of carbonyl (C=O) groups is 1. The summed E-state index contributed by atoms with van der Waals surface area (Å²) < 4.78 is 26.6. The summed E-state index contributed by atoms with van der Waals surface area (Å²) in [6.07, 6.45) is 4.10. The number of likely N-dealkylation sites (N-methyl/N-ethyl adjacent to an activating group) is 1. The number of nitriles is 1. The topological polar surface area (TPSA) is 71.4 Å². The van der Waals surface area contributed by atoms with Crippen LogP contribution in [0.5, 0.6) is 0 Å². The summed E-state index contributed by atoms with van der Waals surface area (Å²) in [5.41, 5.74) is 2.93. The number of benzene rings is 1. The fraction of sp³-hybridized carbons (Fsp3) is 0.300. The summed E-state index contributed by atoms with van der Waals surface area (Å²) in [5, 5.41) is 15.2. The molecule has 3 aliphatic heterocycles. The van der Waals surface area contributed by atoms with Gasteiger partial charge in [0, 0.05) is 43.5 Å². The SMILES string of the molecule is CN1C2=C(C(=O)N(CCF)CC2)C2=CC=C(Nc3ccc(C#N)c(F)c3)NC21. The molecule has 0 aliphatic carbocycles. The van der Waals surface area contributed by atoms with Crippen molar-refractivity contribution in [3.63, 3.8) is 0 Å². The third-order valence-corrected chi connectivity index (χ3v) is 5.25. The Kier molecular flexibility index (Phi) is 4.51. The minimum atomic E-state index is -0.589. The lowest BCUT2D eigenvalue weighted by molar-refractivity contribution is -0.127. The molecule has 3 heterocycles. The van der Waals surface area contributed by atoms with Crippen LogP contribution < -0.4 is 10.6 Å². The third kappa shape index (κ3) is 2.89. The smallest absolute Gasteiger partial charge is 0.256 e. The van der Waals surface area contributed by atoms with Crippen LogP contribution in [0.2, 0.25) is 0 Å². The third-order valence-electron chi connectivity index (χ3n) is 5.25. The van der Waals surface area contributed by atoms with E-state index < -0.39 is 12.5 Å². The monoisotopic (exact) mass is 383 g/mol. The number of nitrogens with zero attached hydrogens (tertiary/aromatic N) is 3. The molecule has 0 spiro atoms. The van der Waals surface area contributed by atoms with Crippen molar-refractivity contribution in [2.24, 2.45) is 0 Å². The number of fused-ring (bicyclic) bond motifs is 2. The van der Waals surface area contributed by atoms with Crippen molar-refractivity contribution in [1.29, 1.82) is 5.26 Å². The van der Waals surface area contributed by atoms with Gasteiger partial charge in [0.25, 0.3) is 5.91 Å². The first kappa shape index (κ1) is 18.0. The van der Waals surface area contributed by atoms with E-state index in [4.69, 9.17) is 5.26 Å². The molecular weight excluding hydrogens is 364 g/mol. The summed E-state index contributed by atoms with van der Waals surface area (Å²) in [4.78, 5) is 16.3. The quantitative estimate of drug-likeness (QED) is 0.834. The predicted octanol–water partition coefficient (Wildman–Crippen LogP) is 2.21. The number of anilines is 1. The molecule has 3 aliphatic rings. The van der Waals surface area contributed by atoms with Crippen molar-refractivity contribution < 1.29 is 13.6 Å². The first-order chi connectivity index (χ1) is 13.5. The average molecular weight is 383 g/mol. The molecule has 6 nitrogen and oxygen atoms in total. The van der Waals surface area contributed by atoms with Gasteiger partial charge in [0.1, 0.15) is 30.5 Å². The molecule has 1 aromatic rings. The highest BCUT2D eigenvalue weighted by Crippen LogP contribution is 2.38. The predicted molar refractivity (Wildman–Crippen MR) is 99.8 cm³/mol. The van der Waals surface area contributed by atoms with E-state index in [1.807, 2.05) is 18.0 Å². The number of carbonyl (C=O) groups excluding carboxylic acids is 1. The lowest BCUT2D eigenvalue weighted by Gasteiger charge is -2.31. The Morgan fingerprint density at radius 2 is 2.21 bits per heavy atom. The number of hydrogen-bond acceptors (Lipinski definition) is 5. The molecule has 2 N–H and O–H groups in total. The molecule has 144 valence electrons. The van der Waals surface area contributed by atoms with E-state index in [9.17, 15) is 13.6 Å². The zero-order valence-electron chi connectivity index (χ0n) is 15.3. The molecule has 1 amide bonds. The normalized spacial score (nSPS) is 20.8. The van der Waals surface area contributed by atoms with Gasteiger partial charge in [0.05, 0.1) is 11.1 Å². The average Bonchev–Trinajstić information content (AvgIpc) is 2.97. The number of hydrogen-bond donors (Lipinski definition) is 2. The lowest BCUT2D eigenvalue weighted by atomic mass is 9.98. The summed E-state index contributed by atoms with van der Waals surface area (Å²) in [5.74, 6) is -0.0771. The second-order valence-corrected chi connectivity index (χ2v) is 6.84. The Morgan fingerprint density at radius 1 is 1.39 bits per heavy atom. The summed E-state index contributed by atoms with van der Waals surface area (Å²) in [6.45, 7) is 0.0621. The maximum Gasteiger partial charge on any atom is 0.256 e. The molecule has 0 radical (unpaired) electrons.